The van der Waals surface area contributed by atoms with Crippen molar-refractivity contribution in [1.82, 2.24) is 15.1 Å². The van der Waals surface area contributed by atoms with Crippen LogP contribution in [0.5, 0.6) is 0 Å². The molecule has 6 heteroatoms. The molecule has 0 spiro atoms. The summed E-state index contributed by atoms with van der Waals surface area (Å²) in [6.45, 7) is 12.3. The van der Waals surface area contributed by atoms with Crippen molar-refractivity contribution in [2.45, 2.75) is 71.8 Å². The van der Waals surface area contributed by atoms with Crippen molar-refractivity contribution in [3.8, 4) is 0 Å². The third-order valence-electron chi connectivity index (χ3n) is 5.90. The summed E-state index contributed by atoms with van der Waals surface area (Å²) in [4.78, 5) is 30.1. The first-order valence-corrected chi connectivity index (χ1v) is 11.3. The summed E-state index contributed by atoms with van der Waals surface area (Å²) in [5.74, 6) is 0.304. The van der Waals surface area contributed by atoms with E-state index in [2.05, 4.69) is 36.2 Å². The Morgan fingerprint density at radius 3 is 2.47 bits per heavy atom. The first kappa shape index (κ1) is 22.8. The van der Waals surface area contributed by atoms with Crippen LogP contribution in [0.3, 0.4) is 0 Å². The molecule has 6 nitrogen and oxygen atoms in total. The monoisotopic (exact) mass is 415 g/mol. The second kappa shape index (κ2) is 10.4. The van der Waals surface area contributed by atoms with E-state index in [1.54, 1.807) is 4.90 Å². The molecule has 1 saturated heterocycles. The number of benzene rings is 1. The number of carbonyl (C=O) groups excluding carboxylic acids is 2. The van der Waals surface area contributed by atoms with E-state index in [0.29, 0.717) is 25.9 Å². The number of nitrogens with one attached hydrogen (secondary N) is 1. The van der Waals surface area contributed by atoms with E-state index in [4.69, 9.17) is 4.74 Å². The summed E-state index contributed by atoms with van der Waals surface area (Å²) < 4.78 is 5.78. The molecular formula is C24H37N3O3. The van der Waals surface area contributed by atoms with Crippen LogP contribution in [0.15, 0.2) is 24.3 Å². The summed E-state index contributed by atoms with van der Waals surface area (Å²) >= 11 is 0. The number of hydrogen-bond acceptors (Lipinski definition) is 4. The average Bonchev–Trinajstić information content (AvgIpc) is 2.69. The molecule has 0 bridgehead atoms. The van der Waals surface area contributed by atoms with E-state index in [0.717, 1.165) is 31.6 Å². The Hall–Kier alpha value is -1.92. The third kappa shape index (κ3) is 6.05. The minimum atomic E-state index is -0.422. The molecule has 3 rings (SSSR count). The lowest BCUT2D eigenvalue weighted by Gasteiger charge is -2.37. The van der Waals surface area contributed by atoms with E-state index < -0.39 is 6.04 Å². The van der Waals surface area contributed by atoms with Crippen LogP contribution in [0.25, 0.3) is 0 Å². The molecule has 1 N–H and O–H groups in total. The van der Waals surface area contributed by atoms with E-state index in [9.17, 15) is 9.59 Å². The second-order valence-electron chi connectivity index (χ2n) is 9.27. The molecule has 0 saturated carbocycles. The molecule has 166 valence electrons. The Bertz CT molecular complexity index is 726. The van der Waals surface area contributed by atoms with Crippen molar-refractivity contribution in [2.75, 3.05) is 26.2 Å². The fraction of sp³-hybridized carbons (Fsp3) is 0.667. The Labute approximate surface area is 180 Å². The van der Waals surface area contributed by atoms with Crippen LogP contribution in [0.1, 0.15) is 51.7 Å². The summed E-state index contributed by atoms with van der Waals surface area (Å²) in [5.41, 5.74) is 2.32. The zero-order valence-electron chi connectivity index (χ0n) is 18.9. The number of hydrogen-bond donors (Lipinski definition) is 1. The number of ether oxygens (including phenoxy) is 1. The molecule has 0 radical (unpaired) electrons. The van der Waals surface area contributed by atoms with Crippen molar-refractivity contribution in [3.05, 3.63) is 35.4 Å². The van der Waals surface area contributed by atoms with Gasteiger partial charge in [0, 0.05) is 45.6 Å². The molecule has 1 fully saturated rings. The van der Waals surface area contributed by atoms with Crippen LogP contribution in [0.2, 0.25) is 0 Å². The molecule has 2 aliphatic heterocycles. The van der Waals surface area contributed by atoms with Gasteiger partial charge < -0.3 is 15.0 Å². The minimum Gasteiger partial charge on any atom is -0.373 e. The predicted octanol–water partition coefficient (Wildman–Crippen LogP) is 2.60. The maximum Gasteiger partial charge on any atom is 0.243 e. The van der Waals surface area contributed by atoms with Gasteiger partial charge in [-0.2, -0.15) is 0 Å². The number of morpholine rings is 1. The Kier molecular flexibility index (Phi) is 7.89. The van der Waals surface area contributed by atoms with Crippen LogP contribution in [-0.4, -0.2) is 66.0 Å². The quantitative estimate of drug-likeness (QED) is 0.696. The van der Waals surface area contributed by atoms with Gasteiger partial charge in [0.05, 0.1) is 12.2 Å². The molecule has 1 aromatic rings. The number of nitrogens with zero attached hydrogens (tertiary/aromatic N) is 2. The van der Waals surface area contributed by atoms with Crippen molar-refractivity contribution in [1.29, 1.82) is 0 Å². The number of amides is 2. The largest absolute Gasteiger partial charge is 0.373 e. The van der Waals surface area contributed by atoms with E-state index in [1.165, 1.54) is 5.56 Å². The minimum absolute atomic E-state index is 0.0367. The summed E-state index contributed by atoms with van der Waals surface area (Å²) in [5, 5.41) is 3.09. The second-order valence-corrected chi connectivity index (χ2v) is 9.27. The van der Waals surface area contributed by atoms with Gasteiger partial charge in [-0.05, 0) is 37.3 Å². The maximum atomic E-state index is 13.0. The van der Waals surface area contributed by atoms with Crippen LogP contribution in [-0.2, 0) is 27.3 Å². The van der Waals surface area contributed by atoms with Crippen molar-refractivity contribution >= 4 is 11.8 Å². The molecule has 0 aromatic heterocycles. The highest BCUT2D eigenvalue weighted by atomic mass is 16.5. The van der Waals surface area contributed by atoms with Gasteiger partial charge in [-0.15, -0.1) is 0 Å². The Morgan fingerprint density at radius 2 is 1.80 bits per heavy atom. The Morgan fingerprint density at radius 1 is 1.13 bits per heavy atom. The number of fused-ring (bicyclic) bond motifs is 1. The summed E-state index contributed by atoms with van der Waals surface area (Å²) in [6, 6.07) is 7.71. The molecule has 0 aliphatic carbocycles. The van der Waals surface area contributed by atoms with Gasteiger partial charge in [-0.3, -0.25) is 14.5 Å². The Balaban J connectivity index is 1.56. The molecule has 2 aliphatic rings. The highest BCUT2D eigenvalue weighted by Crippen LogP contribution is 2.25. The predicted molar refractivity (Wildman–Crippen MR) is 118 cm³/mol. The third-order valence-corrected chi connectivity index (χ3v) is 5.90. The molecule has 3 atom stereocenters. The maximum absolute atomic E-state index is 13.0. The van der Waals surface area contributed by atoms with E-state index in [-0.39, 0.29) is 29.9 Å². The first-order chi connectivity index (χ1) is 14.3. The number of carbonyl (C=O) groups is 2. The molecule has 2 amide bonds. The highest BCUT2D eigenvalue weighted by molar-refractivity contribution is 5.88. The first-order valence-electron chi connectivity index (χ1n) is 11.3. The summed E-state index contributed by atoms with van der Waals surface area (Å²) in [7, 11) is 0. The molecular weight excluding hydrogens is 378 g/mol. The van der Waals surface area contributed by atoms with Crippen LogP contribution in [0, 0.1) is 5.92 Å². The van der Waals surface area contributed by atoms with E-state index >= 15 is 0 Å². The molecule has 2 heterocycles. The van der Waals surface area contributed by atoms with Crippen LogP contribution in [0.4, 0.5) is 0 Å². The zero-order valence-corrected chi connectivity index (χ0v) is 18.9. The van der Waals surface area contributed by atoms with Gasteiger partial charge in [-0.25, -0.2) is 0 Å². The zero-order chi connectivity index (χ0) is 21.7. The fourth-order valence-electron chi connectivity index (χ4n) is 4.58. The van der Waals surface area contributed by atoms with E-state index in [1.807, 2.05) is 26.0 Å². The van der Waals surface area contributed by atoms with Crippen molar-refractivity contribution in [3.63, 3.8) is 0 Å². The normalized spacial score (nSPS) is 24.6. The van der Waals surface area contributed by atoms with Gasteiger partial charge in [0.15, 0.2) is 0 Å². The average molecular weight is 416 g/mol. The van der Waals surface area contributed by atoms with Gasteiger partial charge in [0.25, 0.3) is 0 Å². The van der Waals surface area contributed by atoms with Crippen LogP contribution < -0.4 is 5.32 Å². The lowest BCUT2D eigenvalue weighted by atomic mass is 9.92. The van der Waals surface area contributed by atoms with Crippen LogP contribution >= 0.6 is 0 Å². The van der Waals surface area contributed by atoms with Gasteiger partial charge in [0.2, 0.25) is 11.8 Å². The van der Waals surface area contributed by atoms with Gasteiger partial charge >= 0.3 is 0 Å². The topological polar surface area (TPSA) is 61.9 Å². The fourth-order valence-corrected chi connectivity index (χ4v) is 4.58. The molecule has 3 unspecified atom stereocenters. The smallest absolute Gasteiger partial charge is 0.243 e. The van der Waals surface area contributed by atoms with Crippen molar-refractivity contribution < 1.29 is 14.3 Å². The molecule has 1 aromatic carbocycles. The highest BCUT2D eigenvalue weighted by Gasteiger charge is 2.34. The lowest BCUT2D eigenvalue weighted by molar-refractivity contribution is -0.142. The molecule has 30 heavy (non-hydrogen) atoms. The van der Waals surface area contributed by atoms with Gasteiger partial charge in [0.1, 0.15) is 6.04 Å². The number of rotatable bonds is 7. The summed E-state index contributed by atoms with van der Waals surface area (Å²) in [6.07, 6.45) is 2.47. The lowest BCUT2D eigenvalue weighted by Crippen LogP contribution is -2.53. The van der Waals surface area contributed by atoms with Gasteiger partial charge in [-0.1, -0.05) is 38.1 Å². The standard InChI is InChI=1S/C24H37N3O3/c1-17(2)12-23(28)27-16-21-9-6-5-8-20(21)13-22(27)24(29)25-10-7-11-26-14-18(3)30-19(4)15-26/h5-6,8-9,17-19,22H,7,10-16H2,1-4H3,(H,25,29). The SMILES string of the molecule is CC(C)CC(=O)N1Cc2ccccc2CC1C(=O)NCCCN1CC(C)OC(C)C1. The van der Waals surface area contributed by atoms with Crippen molar-refractivity contribution in [2.24, 2.45) is 5.92 Å².